The van der Waals surface area contributed by atoms with Gasteiger partial charge in [0.25, 0.3) is 0 Å². The van der Waals surface area contributed by atoms with Gasteiger partial charge in [-0.05, 0) is 43.5 Å². The van der Waals surface area contributed by atoms with E-state index >= 15 is 0 Å². The summed E-state index contributed by atoms with van der Waals surface area (Å²) in [6.07, 6.45) is 6.16. The second-order valence-electron chi connectivity index (χ2n) is 8.32. The highest BCUT2D eigenvalue weighted by molar-refractivity contribution is 6.42. The van der Waals surface area contributed by atoms with Crippen LogP contribution in [0.3, 0.4) is 0 Å². The summed E-state index contributed by atoms with van der Waals surface area (Å²) in [5.41, 5.74) is 0.662. The van der Waals surface area contributed by atoms with Crippen LogP contribution in [0.5, 0.6) is 0 Å². The lowest BCUT2D eigenvalue weighted by molar-refractivity contribution is 0.0991. The number of nitrogens with zero attached hydrogens (tertiary/aromatic N) is 6. The first-order valence-electron chi connectivity index (χ1n) is 10.9. The maximum Gasteiger partial charge on any atom is 0.321 e. The molecule has 2 amide bonds. The van der Waals surface area contributed by atoms with Crippen molar-refractivity contribution < 1.29 is 4.79 Å². The lowest BCUT2D eigenvalue weighted by Gasteiger charge is -2.39. The Labute approximate surface area is 193 Å². The van der Waals surface area contributed by atoms with Crippen molar-refractivity contribution in [3.63, 3.8) is 0 Å². The maximum absolute atomic E-state index is 12.6. The van der Waals surface area contributed by atoms with E-state index in [9.17, 15) is 4.79 Å². The minimum atomic E-state index is -0.0880. The first-order valence-corrected chi connectivity index (χ1v) is 11.6. The van der Waals surface area contributed by atoms with Crippen LogP contribution < -0.4 is 5.32 Å². The van der Waals surface area contributed by atoms with Crippen LogP contribution in [0, 0.1) is 5.92 Å². The summed E-state index contributed by atoms with van der Waals surface area (Å²) in [5.74, 6) is 0.682. The van der Waals surface area contributed by atoms with E-state index in [1.54, 1.807) is 24.4 Å². The number of aromatic nitrogens is 3. The number of anilines is 1. The molecule has 168 valence electrons. The molecule has 1 atom stereocenters. The molecule has 2 aliphatic heterocycles. The van der Waals surface area contributed by atoms with Gasteiger partial charge in [-0.15, -0.1) is 5.10 Å². The van der Waals surface area contributed by atoms with Crippen molar-refractivity contribution in [2.75, 3.05) is 57.7 Å². The minimum absolute atomic E-state index is 0.0880. The van der Waals surface area contributed by atoms with E-state index in [2.05, 4.69) is 25.4 Å². The van der Waals surface area contributed by atoms with E-state index in [-0.39, 0.29) is 6.03 Å². The van der Waals surface area contributed by atoms with Gasteiger partial charge in [-0.3, -0.25) is 9.58 Å². The Kier molecular flexibility index (Phi) is 7.66. The molecule has 8 nitrogen and oxygen atoms in total. The van der Waals surface area contributed by atoms with Gasteiger partial charge >= 0.3 is 6.03 Å². The highest BCUT2D eigenvalue weighted by atomic mass is 35.5. The van der Waals surface area contributed by atoms with E-state index in [1.165, 1.54) is 12.8 Å². The molecular formula is C21H29Cl2N7O. The molecule has 3 heterocycles. The van der Waals surface area contributed by atoms with Gasteiger partial charge < -0.3 is 15.1 Å². The summed E-state index contributed by atoms with van der Waals surface area (Å²) in [7, 11) is 0. The van der Waals surface area contributed by atoms with Gasteiger partial charge in [-0.25, -0.2) is 4.79 Å². The molecule has 0 saturated carbocycles. The van der Waals surface area contributed by atoms with Crippen LogP contribution in [0.15, 0.2) is 30.6 Å². The Morgan fingerprint density at radius 3 is 2.65 bits per heavy atom. The van der Waals surface area contributed by atoms with Crippen molar-refractivity contribution in [1.82, 2.24) is 29.7 Å². The van der Waals surface area contributed by atoms with Crippen LogP contribution in [-0.2, 0) is 6.54 Å². The Morgan fingerprint density at radius 2 is 1.90 bits per heavy atom. The first kappa shape index (κ1) is 22.3. The van der Waals surface area contributed by atoms with Crippen LogP contribution >= 0.6 is 23.2 Å². The number of carbonyl (C=O) groups excluding carboxylic acids is 1. The van der Waals surface area contributed by atoms with Crippen LogP contribution in [0.4, 0.5) is 10.5 Å². The smallest absolute Gasteiger partial charge is 0.321 e. The van der Waals surface area contributed by atoms with Crippen LogP contribution in [0.1, 0.15) is 12.8 Å². The number of likely N-dealkylation sites (tertiary alicyclic amines) is 1. The molecule has 2 fully saturated rings. The van der Waals surface area contributed by atoms with Crippen LogP contribution in [0.25, 0.3) is 0 Å². The van der Waals surface area contributed by atoms with Crippen molar-refractivity contribution in [2.45, 2.75) is 19.4 Å². The molecule has 0 radical (unpaired) electrons. The number of halogens is 2. The Morgan fingerprint density at radius 1 is 1.06 bits per heavy atom. The Balaban J connectivity index is 1.18. The average Bonchev–Trinajstić information content (AvgIpc) is 3.29. The van der Waals surface area contributed by atoms with Crippen molar-refractivity contribution in [3.05, 3.63) is 40.6 Å². The molecule has 1 aromatic carbocycles. The van der Waals surface area contributed by atoms with Crippen LogP contribution in [0.2, 0.25) is 10.0 Å². The zero-order valence-electron chi connectivity index (χ0n) is 17.6. The number of carbonyl (C=O) groups is 1. The molecule has 10 heteroatoms. The van der Waals surface area contributed by atoms with Crippen molar-refractivity contribution in [1.29, 1.82) is 0 Å². The molecule has 0 bridgehead atoms. The van der Waals surface area contributed by atoms with Crippen molar-refractivity contribution in [3.8, 4) is 0 Å². The molecule has 31 heavy (non-hydrogen) atoms. The van der Waals surface area contributed by atoms with Crippen LogP contribution in [-0.4, -0.2) is 88.1 Å². The van der Waals surface area contributed by atoms with E-state index in [1.807, 2.05) is 15.8 Å². The number of nitrogens with one attached hydrogen (secondary N) is 1. The fraction of sp³-hybridized carbons (Fsp3) is 0.571. The number of urea groups is 1. The summed E-state index contributed by atoms with van der Waals surface area (Å²) < 4.78 is 1.89. The predicted octanol–water partition coefficient (Wildman–Crippen LogP) is 3.15. The SMILES string of the molecule is O=C(Nc1ccc(Cl)c(Cl)c1)N1CCN(C[C@@H]2CCCN(CCn3ccnn3)C2)CC1. The number of piperazine rings is 1. The lowest BCUT2D eigenvalue weighted by Crippen LogP contribution is -2.52. The number of hydrogen-bond acceptors (Lipinski definition) is 5. The van der Waals surface area contributed by atoms with Gasteiger partial charge in [-0.2, -0.15) is 0 Å². The van der Waals surface area contributed by atoms with Crippen molar-refractivity contribution in [2.24, 2.45) is 5.92 Å². The molecule has 2 aromatic rings. The van der Waals surface area contributed by atoms with Gasteiger partial charge in [0.15, 0.2) is 0 Å². The normalized spacial score (nSPS) is 20.7. The van der Waals surface area contributed by atoms with Gasteiger partial charge in [0.1, 0.15) is 0 Å². The second-order valence-corrected chi connectivity index (χ2v) is 9.14. The second kappa shape index (κ2) is 10.6. The van der Waals surface area contributed by atoms with E-state index in [4.69, 9.17) is 23.2 Å². The number of rotatable bonds is 6. The zero-order chi connectivity index (χ0) is 21.6. The molecule has 0 unspecified atom stereocenters. The van der Waals surface area contributed by atoms with Gasteiger partial charge in [0, 0.05) is 57.7 Å². The van der Waals surface area contributed by atoms with E-state index in [0.29, 0.717) is 21.7 Å². The molecule has 2 aliphatic rings. The third kappa shape index (κ3) is 6.32. The summed E-state index contributed by atoms with van der Waals surface area (Å²) in [4.78, 5) is 19.5. The summed E-state index contributed by atoms with van der Waals surface area (Å²) in [6.45, 7) is 8.57. The number of piperidine rings is 1. The molecule has 1 aromatic heterocycles. The van der Waals surface area contributed by atoms with E-state index in [0.717, 1.165) is 58.9 Å². The minimum Gasteiger partial charge on any atom is -0.322 e. The monoisotopic (exact) mass is 465 g/mol. The highest BCUT2D eigenvalue weighted by Gasteiger charge is 2.26. The maximum atomic E-state index is 12.6. The third-order valence-electron chi connectivity index (χ3n) is 6.07. The largest absolute Gasteiger partial charge is 0.322 e. The fourth-order valence-electron chi connectivity index (χ4n) is 4.37. The summed E-state index contributed by atoms with van der Waals surface area (Å²) in [5, 5.41) is 11.8. The Hall–Kier alpha value is -1.87. The predicted molar refractivity (Wildman–Crippen MR) is 123 cm³/mol. The first-order chi connectivity index (χ1) is 15.1. The number of amides is 2. The fourth-order valence-corrected chi connectivity index (χ4v) is 4.67. The topological polar surface area (TPSA) is 69.5 Å². The summed E-state index contributed by atoms with van der Waals surface area (Å²) in [6, 6.07) is 5.04. The molecule has 1 N–H and O–H groups in total. The molecule has 2 saturated heterocycles. The van der Waals surface area contributed by atoms with Crippen molar-refractivity contribution >= 4 is 34.9 Å². The lowest BCUT2D eigenvalue weighted by atomic mass is 9.97. The number of hydrogen-bond donors (Lipinski definition) is 1. The quantitative estimate of drug-likeness (QED) is 0.709. The Bertz CT molecular complexity index is 855. The van der Waals surface area contributed by atoms with Gasteiger partial charge in [0.05, 0.1) is 22.8 Å². The molecule has 0 aliphatic carbocycles. The van der Waals surface area contributed by atoms with Gasteiger partial charge in [0.2, 0.25) is 0 Å². The summed E-state index contributed by atoms with van der Waals surface area (Å²) >= 11 is 12.0. The van der Waals surface area contributed by atoms with E-state index < -0.39 is 0 Å². The molecule has 0 spiro atoms. The zero-order valence-corrected chi connectivity index (χ0v) is 19.1. The number of benzene rings is 1. The molecular weight excluding hydrogens is 437 g/mol. The van der Waals surface area contributed by atoms with Gasteiger partial charge in [-0.1, -0.05) is 28.4 Å². The highest BCUT2D eigenvalue weighted by Crippen LogP contribution is 2.25. The average molecular weight is 466 g/mol. The molecule has 4 rings (SSSR count). The standard InChI is InChI=1S/C21H29Cl2N7O/c22-19-4-3-18(14-20(19)23)25-21(31)29-11-8-28(9-12-29)16-17-2-1-6-27(15-17)10-13-30-7-5-24-26-30/h3-5,7,14,17H,1-2,6,8-13,15-16H2,(H,25,31)/t17-/m1/s1. The third-order valence-corrected chi connectivity index (χ3v) is 6.81.